The lowest BCUT2D eigenvalue weighted by Gasteiger charge is -2.38. The molecule has 0 atom stereocenters. The highest BCUT2D eigenvalue weighted by Crippen LogP contribution is 2.28. The van der Waals surface area contributed by atoms with Gasteiger partial charge in [-0.05, 0) is 45.6 Å². The van der Waals surface area contributed by atoms with Crippen LogP contribution in [0.2, 0.25) is 0 Å². The second kappa shape index (κ2) is 5.68. The highest BCUT2D eigenvalue weighted by atomic mass is 16.5. The van der Waals surface area contributed by atoms with Gasteiger partial charge in [0.1, 0.15) is 0 Å². The molecule has 0 bridgehead atoms. The molecule has 2 rings (SSSR count). The van der Waals surface area contributed by atoms with E-state index >= 15 is 0 Å². The van der Waals surface area contributed by atoms with Crippen LogP contribution in [-0.2, 0) is 4.74 Å². The molecule has 1 saturated heterocycles. The largest absolute Gasteiger partial charge is 0.381 e. The second-order valence-electron chi connectivity index (χ2n) is 6.27. The van der Waals surface area contributed by atoms with Gasteiger partial charge in [-0.25, -0.2) is 0 Å². The van der Waals surface area contributed by atoms with Crippen molar-refractivity contribution in [3.8, 4) is 0 Å². The maximum absolute atomic E-state index is 6.45. The van der Waals surface area contributed by atoms with Gasteiger partial charge in [-0.3, -0.25) is 0 Å². The third kappa shape index (κ3) is 3.94. The summed E-state index contributed by atoms with van der Waals surface area (Å²) in [6.07, 6.45) is 9.84. The smallest absolute Gasteiger partial charge is 0.0483 e. The lowest BCUT2D eigenvalue weighted by atomic mass is 9.80. The van der Waals surface area contributed by atoms with E-state index in [1.165, 1.54) is 32.1 Å². The molecular weight excluding hydrogens is 212 g/mol. The molecule has 0 spiro atoms. The molecule has 17 heavy (non-hydrogen) atoms. The predicted molar refractivity (Wildman–Crippen MR) is 71.1 cm³/mol. The van der Waals surface area contributed by atoms with Gasteiger partial charge in [-0.2, -0.15) is 0 Å². The standard InChI is InChI=1S/C14H28N2O/c1-13(8-11-17-12-9-13)16-10-7-14(15)5-3-2-4-6-14/h16H,2-12,15H2,1H3. The summed E-state index contributed by atoms with van der Waals surface area (Å²) in [7, 11) is 0. The van der Waals surface area contributed by atoms with E-state index in [2.05, 4.69) is 12.2 Å². The van der Waals surface area contributed by atoms with E-state index < -0.39 is 0 Å². The summed E-state index contributed by atoms with van der Waals surface area (Å²) < 4.78 is 5.42. The Morgan fingerprint density at radius 1 is 1.06 bits per heavy atom. The van der Waals surface area contributed by atoms with Gasteiger partial charge in [-0.15, -0.1) is 0 Å². The van der Waals surface area contributed by atoms with Gasteiger partial charge in [-0.1, -0.05) is 19.3 Å². The van der Waals surface area contributed by atoms with Crippen LogP contribution in [0.25, 0.3) is 0 Å². The van der Waals surface area contributed by atoms with Crippen molar-refractivity contribution >= 4 is 0 Å². The van der Waals surface area contributed by atoms with Crippen LogP contribution in [0.1, 0.15) is 58.3 Å². The van der Waals surface area contributed by atoms with Crippen LogP contribution in [0.3, 0.4) is 0 Å². The molecule has 0 unspecified atom stereocenters. The van der Waals surface area contributed by atoms with E-state index in [9.17, 15) is 0 Å². The molecule has 1 aliphatic carbocycles. The fourth-order valence-corrected chi connectivity index (χ4v) is 3.12. The number of hydrogen-bond donors (Lipinski definition) is 2. The first-order valence-electron chi connectivity index (χ1n) is 7.24. The van der Waals surface area contributed by atoms with Crippen molar-refractivity contribution < 1.29 is 4.74 Å². The molecule has 1 aliphatic heterocycles. The van der Waals surface area contributed by atoms with E-state index in [1.54, 1.807) is 0 Å². The Kier molecular flexibility index (Phi) is 4.45. The van der Waals surface area contributed by atoms with Gasteiger partial charge >= 0.3 is 0 Å². The molecular formula is C14H28N2O. The van der Waals surface area contributed by atoms with Gasteiger partial charge in [0.05, 0.1) is 0 Å². The minimum atomic E-state index is 0.118. The minimum absolute atomic E-state index is 0.118. The molecule has 3 nitrogen and oxygen atoms in total. The van der Waals surface area contributed by atoms with E-state index in [1.807, 2.05) is 0 Å². The van der Waals surface area contributed by atoms with Gasteiger partial charge in [0.25, 0.3) is 0 Å². The van der Waals surface area contributed by atoms with Crippen LogP contribution in [-0.4, -0.2) is 30.8 Å². The monoisotopic (exact) mass is 240 g/mol. The Balaban J connectivity index is 1.70. The molecule has 0 aromatic heterocycles. The van der Waals surface area contributed by atoms with Crippen molar-refractivity contribution in [1.82, 2.24) is 5.32 Å². The maximum Gasteiger partial charge on any atom is 0.0483 e. The van der Waals surface area contributed by atoms with Crippen molar-refractivity contribution in [2.45, 2.75) is 69.4 Å². The van der Waals surface area contributed by atoms with Gasteiger partial charge in [0.2, 0.25) is 0 Å². The molecule has 1 saturated carbocycles. The van der Waals surface area contributed by atoms with Crippen LogP contribution in [0.4, 0.5) is 0 Å². The van der Waals surface area contributed by atoms with Crippen LogP contribution in [0.5, 0.6) is 0 Å². The van der Waals surface area contributed by atoms with Crippen molar-refractivity contribution in [2.24, 2.45) is 5.73 Å². The Hall–Kier alpha value is -0.120. The summed E-state index contributed by atoms with van der Waals surface area (Å²) in [5.74, 6) is 0. The summed E-state index contributed by atoms with van der Waals surface area (Å²) in [6.45, 7) is 5.18. The third-order valence-corrected chi connectivity index (χ3v) is 4.62. The zero-order valence-corrected chi connectivity index (χ0v) is 11.3. The maximum atomic E-state index is 6.45. The molecule has 3 N–H and O–H groups in total. The Bertz CT molecular complexity index is 206. The molecule has 0 aromatic carbocycles. The average Bonchev–Trinajstić information content (AvgIpc) is 2.30. The van der Waals surface area contributed by atoms with E-state index in [4.69, 9.17) is 10.5 Å². The number of ether oxygens (including phenoxy) is 1. The molecule has 0 amide bonds. The molecule has 1 heterocycles. The van der Waals surface area contributed by atoms with Gasteiger partial charge < -0.3 is 15.8 Å². The molecule has 2 aliphatic rings. The van der Waals surface area contributed by atoms with Crippen LogP contribution in [0.15, 0.2) is 0 Å². The summed E-state index contributed by atoms with van der Waals surface area (Å²) in [4.78, 5) is 0. The fourth-order valence-electron chi connectivity index (χ4n) is 3.12. The lowest BCUT2D eigenvalue weighted by molar-refractivity contribution is 0.0444. The Morgan fingerprint density at radius 3 is 2.35 bits per heavy atom. The topological polar surface area (TPSA) is 47.3 Å². The fraction of sp³-hybridized carbons (Fsp3) is 1.00. The summed E-state index contributed by atoms with van der Waals surface area (Å²) in [6, 6.07) is 0. The quantitative estimate of drug-likeness (QED) is 0.792. The predicted octanol–water partition coefficient (Wildman–Crippen LogP) is 2.20. The number of rotatable bonds is 4. The number of hydrogen-bond acceptors (Lipinski definition) is 3. The Morgan fingerprint density at radius 2 is 1.71 bits per heavy atom. The number of nitrogens with one attached hydrogen (secondary N) is 1. The van der Waals surface area contributed by atoms with Crippen LogP contribution >= 0.6 is 0 Å². The summed E-state index contributed by atoms with van der Waals surface area (Å²) in [5, 5.41) is 3.71. The first kappa shape index (κ1) is 13.3. The zero-order chi connectivity index (χ0) is 12.2. The normalized spacial score (nSPS) is 27.9. The molecule has 2 fully saturated rings. The van der Waals surface area contributed by atoms with Gasteiger partial charge in [0.15, 0.2) is 0 Å². The third-order valence-electron chi connectivity index (χ3n) is 4.62. The van der Waals surface area contributed by atoms with Crippen molar-refractivity contribution in [3.63, 3.8) is 0 Å². The Labute approximate surface area is 105 Å². The highest BCUT2D eigenvalue weighted by molar-refractivity contribution is 4.90. The summed E-state index contributed by atoms with van der Waals surface area (Å²) in [5.41, 5.74) is 6.85. The van der Waals surface area contributed by atoms with Crippen LogP contribution < -0.4 is 11.1 Å². The zero-order valence-electron chi connectivity index (χ0n) is 11.3. The van der Waals surface area contributed by atoms with Crippen molar-refractivity contribution in [2.75, 3.05) is 19.8 Å². The van der Waals surface area contributed by atoms with Gasteiger partial charge in [0, 0.05) is 24.3 Å². The summed E-state index contributed by atoms with van der Waals surface area (Å²) >= 11 is 0. The van der Waals surface area contributed by atoms with E-state index in [0.717, 1.165) is 39.0 Å². The van der Waals surface area contributed by atoms with Crippen molar-refractivity contribution in [1.29, 1.82) is 0 Å². The van der Waals surface area contributed by atoms with E-state index in [0.29, 0.717) is 0 Å². The SMILES string of the molecule is CC1(NCCC2(N)CCCCC2)CCOCC1. The van der Waals surface area contributed by atoms with Crippen molar-refractivity contribution in [3.05, 3.63) is 0 Å². The average molecular weight is 240 g/mol. The molecule has 100 valence electrons. The molecule has 0 aromatic rings. The second-order valence-corrected chi connectivity index (χ2v) is 6.27. The lowest BCUT2D eigenvalue weighted by Crippen LogP contribution is -2.50. The first-order valence-corrected chi connectivity index (χ1v) is 7.24. The highest BCUT2D eigenvalue weighted by Gasteiger charge is 2.30. The molecule has 0 radical (unpaired) electrons. The first-order chi connectivity index (χ1) is 8.12. The van der Waals surface area contributed by atoms with E-state index in [-0.39, 0.29) is 11.1 Å². The minimum Gasteiger partial charge on any atom is -0.381 e. The molecule has 3 heteroatoms. The van der Waals surface area contributed by atoms with Crippen LogP contribution in [0, 0.1) is 0 Å². The number of nitrogens with two attached hydrogens (primary N) is 1.